The van der Waals surface area contributed by atoms with E-state index < -0.39 is 0 Å². The lowest BCUT2D eigenvalue weighted by Gasteiger charge is -2.25. The minimum absolute atomic E-state index is 0.580. The second-order valence-corrected chi connectivity index (χ2v) is 7.15. The van der Waals surface area contributed by atoms with Gasteiger partial charge in [0, 0.05) is 15.5 Å². The van der Waals surface area contributed by atoms with Crippen molar-refractivity contribution >= 4 is 27.5 Å². The van der Waals surface area contributed by atoms with Gasteiger partial charge in [0.1, 0.15) is 0 Å². The maximum absolute atomic E-state index is 6.32. The first-order chi connectivity index (χ1) is 8.67. The molecule has 2 aliphatic rings. The van der Waals surface area contributed by atoms with Crippen LogP contribution in [0.25, 0.3) is 0 Å². The fraction of sp³-hybridized carbons (Fsp3) is 0.600. The van der Waals surface area contributed by atoms with E-state index in [2.05, 4.69) is 40.4 Å². The van der Waals surface area contributed by atoms with Crippen LogP contribution in [0.4, 0.5) is 0 Å². The van der Waals surface area contributed by atoms with Gasteiger partial charge in [-0.3, -0.25) is 0 Å². The van der Waals surface area contributed by atoms with Crippen LogP contribution >= 0.6 is 27.5 Å². The van der Waals surface area contributed by atoms with Crippen molar-refractivity contribution in [1.82, 2.24) is 5.32 Å². The predicted molar refractivity (Wildman–Crippen MR) is 80.0 cm³/mol. The summed E-state index contributed by atoms with van der Waals surface area (Å²) in [5.41, 5.74) is 1.26. The van der Waals surface area contributed by atoms with Crippen LogP contribution in [0.2, 0.25) is 5.02 Å². The smallest absolute Gasteiger partial charge is 0.0449 e. The van der Waals surface area contributed by atoms with Crippen LogP contribution < -0.4 is 5.32 Å². The molecule has 3 atom stereocenters. The van der Waals surface area contributed by atoms with Gasteiger partial charge in [0.2, 0.25) is 0 Å². The first-order valence-electron chi connectivity index (χ1n) is 6.78. The van der Waals surface area contributed by atoms with E-state index in [-0.39, 0.29) is 0 Å². The van der Waals surface area contributed by atoms with Gasteiger partial charge >= 0.3 is 0 Å². The molecule has 2 saturated carbocycles. The van der Waals surface area contributed by atoms with Gasteiger partial charge in [-0.25, -0.2) is 0 Å². The summed E-state index contributed by atoms with van der Waals surface area (Å²) in [6.07, 6.45) is 5.38. The first kappa shape index (κ1) is 13.0. The Morgan fingerprint density at radius 1 is 1.33 bits per heavy atom. The molecule has 1 nitrogen and oxygen atoms in total. The van der Waals surface area contributed by atoms with E-state index in [9.17, 15) is 0 Å². The van der Waals surface area contributed by atoms with Crippen molar-refractivity contribution in [1.29, 1.82) is 0 Å². The summed E-state index contributed by atoms with van der Waals surface area (Å²) in [5, 5.41) is 4.39. The van der Waals surface area contributed by atoms with E-state index >= 15 is 0 Å². The Labute approximate surface area is 122 Å². The number of hydrogen-bond donors (Lipinski definition) is 1. The fourth-order valence-electron chi connectivity index (χ4n) is 3.52. The summed E-state index contributed by atoms with van der Waals surface area (Å²) in [7, 11) is 2.08. The minimum atomic E-state index is 0.580. The first-order valence-corrected chi connectivity index (χ1v) is 7.95. The molecule has 3 heteroatoms. The van der Waals surface area contributed by atoms with Crippen LogP contribution in [0.15, 0.2) is 22.7 Å². The third kappa shape index (κ3) is 2.61. The highest BCUT2D eigenvalue weighted by molar-refractivity contribution is 9.10. The Balaban J connectivity index is 1.69. The van der Waals surface area contributed by atoms with Crippen LogP contribution in [-0.4, -0.2) is 13.1 Å². The number of rotatable bonds is 4. The third-order valence-electron chi connectivity index (χ3n) is 4.67. The average Bonchev–Trinajstić information content (AvgIpc) is 2.95. The molecule has 0 aliphatic heterocycles. The van der Waals surface area contributed by atoms with Gasteiger partial charge in [-0.1, -0.05) is 33.6 Å². The molecule has 0 radical (unpaired) electrons. The molecule has 0 amide bonds. The fourth-order valence-corrected chi connectivity index (χ4v) is 4.27. The monoisotopic (exact) mass is 327 g/mol. The molecular formula is C15H19BrClN. The largest absolute Gasteiger partial charge is 0.316 e. The molecule has 18 heavy (non-hydrogen) atoms. The Hall–Kier alpha value is -0.0500. The number of benzene rings is 1. The normalized spacial score (nSPS) is 31.2. The summed E-state index contributed by atoms with van der Waals surface area (Å²) in [6, 6.07) is 6.80. The Morgan fingerprint density at radius 2 is 2.06 bits per heavy atom. The summed E-state index contributed by atoms with van der Waals surface area (Å²) in [6.45, 7) is 0. The molecule has 0 bridgehead atoms. The summed E-state index contributed by atoms with van der Waals surface area (Å²) in [5.74, 6) is 2.94. The van der Waals surface area contributed by atoms with E-state index in [4.69, 9.17) is 11.6 Å². The lowest BCUT2D eigenvalue weighted by molar-refractivity contribution is 0.349. The van der Waals surface area contributed by atoms with E-state index in [0.29, 0.717) is 6.04 Å². The van der Waals surface area contributed by atoms with E-state index in [1.165, 1.54) is 24.8 Å². The summed E-state index contributed by atoms with van der Waals surface area (Å²) < 4.78 is 1.05. The Morgan fingerprint density at radius 3 is 2.67 bits per heavy atom. The molecule has 0 spiro atoms. The SMILES string of the molecule is CNC(Cc1ccc(Br)cc1Cl)C1CC2CC2C1. The molecule has 3 unspecified atom stereocenters. The van der Waals surface area contributed by atoms with Crippen molar-refractivity contribution in [3.63, 3.8) is 0 Å². The standard InChI is InChI=1S/C15H19BrClN/c1-18-15(12-5-10-4-11(10)6-12)7-9-2-3-13(16)8-14(9)17/h2-3,8,10-12,15,18H,4-7H2,1H3. The topological polar surface area (TPSA) is 12.0 Å². The van der Waals surface area contributed by atoms with Crippen LogP contribution in [-0.2, 0) is 6.42 Å². The molecule has 2 aliphatic carbocycles. The predicted octanol–water partition coefficient (Wildman–Crippen LogP) is 4.28. The molecule has 1 N–H and O–H groups in total. The molecule has 0 heterocycles. The average molecular weight is 329 g/mol. The zero-order chi connectivity index (χ0) is 12.7. The third-order valence-corrected chi connectivity index (χ3v) is 5.52. The Bertz CT molecular complexity index is 438. The number of fused-ring (bicyclic) bond motifs is 1. The van der Waals surface area contributed by atoms with Crippen LogP contribution in [0, 0.1) is 17.8 Å². The lowest BCUT2D eigenvalue weighted by atomic mass is 9.90. The van der Waals surface area contributed by atoms with Crippen molar-refractivity contribution in [2.24, 2.45) is 17.8 Å². The molecule has 3 rings (SSSR count). The molecule has 0 aromatic heterocycles. The van der Waals surface area contributed by atoms with Crippen molar-refractivity contribution < 1.29 is 0 Å². The van der Waals surface area contributed by atoms with Gasteiger partial charge in [-0.05, 0) is 68.2 Å². The van der Waals surface area contributed by atoms with E-state index in [1.54, 1.807) is 0 Å². The quantitative estimate of drug-likeness (QED) is 0.870. The maximum Gasteiger partial charge on any atom is 0.0449 e. The lowest BCUT2D eigenvalue weighted by Crippen LogP contribution is -2.35. The second-order valence-electron chi connectivity index (χ2n) is 5.82. The van der Waals surface area contributed by atoms with Crippen molar-refractivity contribution in [2.75, 3.05) is 7.05 Å². The summed E-state index contributed by atoms with van der Waals surface area (Å²) in [4.78, 5) is 0. The van der Waals surface area contributed by atoms with Crippen molar-refractivity contribution in [3.05, 3.63) is 33.3 Å². The van der Waals surface area contributed by atoms with Crippen LogP contribution in [0.5, 0.6) is 0 Å². The number of halogens is 2. The molecule has 0 saturated heterocycles. The van der Waals surface area contributed by atoms with Gasteiger partial charge < -0.3 is 5.32 Å². The van der Waals surface area contributed by atoms with Gasteiger partial charge in [0.15, 0.2) is 0 Å². The van der Waals surface area contributed by atoms with E-state index in [0.717, 1.165) is 33.7 Å². The highest BCUT2D eigenvalue weighted by atomic mass is 79.9. The zero-order valence-electron chi connectivity index (χ0n) is 10.6. The molecule has 1 aromatic carbocycles. The second kappa shape index (κ2) is 5.15. The van der Waals surface area contributed by atoms with E-state index in [1.807, 2.05) is 6.07 Å². The van der Waals surface area contributed by atoms with Gasteiger partial charge in [-0.15, -0.1) is 0 Å². The highest BCUT2D eigenvalue weighted by Gasteiger charge is 2.47. The van der Waals surface area contributed by atoms with Crippen molar-refractivity contribution in [2.45, 2.75) is 31.7 Å². The van der Waals surface area contributed by atoms with Crippen molar-refractivity contribution in [3.8, 4) is 0 Å². The molecule has 1 aromatic rings. The van der Waals surface area contributed by atoms with Gasteiger partial charge in [-0.2, -0.15) is 0 Å². The van der Waals surface area contributed by atoms with Crippen LogP contribution in [0.3, 0.4) is 0 Å². The number of likely N-dealkylation sites (N-methyl/N-ethyl adjacent to an activating group) is 1. The molecular weight excluding hydrogens is 310 g/mol. The maximum atomic E-state index is 6.32. The highest BCUT2D eigenvalue weighted by Crippen LogP contribution is 2.55. The molecule has 2 fully saturated rings. The molecule has 98 valence electrons. The zero-order valence-corrected chi connectivity index (χ0v) is 13.0. The van der Waals surface area contributed by atoms with Gasteiger partial charge in [0.25, 0.3) is 0 Å². The Kier molecular flexibility index (Phi) is 3.70. The minimum Gasteiger partial charge on any atom is -0.316 e. The summed E-state index contributed by atoms with van der Waals surface area (Å²) >= 11 is 9.78. The van der Waals surface area contributed by atoms with Gasteiger partial charge in [0.05, 0.1) is 0 Å². The number of hydrogen-bond acceptors (Lipinski definition) is 1. The number of nitrogens with one attached hydrogen (secondary N) is 1. The van der Waals surface area contributed by atoms with Crippen LogP contribution in [0.1, 0.15) is 24.8 Å².